The Balaban J connectivity index is 2.29. The lowest BCUT2D eigenvalue weighted by Gasteiger charge is -2.16. The first-order valence-electron chi connectivity index (χ1n) is 8.93. The molecule has 26 heavy (non-hydrogen) atoms. The van der Waals surface area contributed by atoms with Gasteiger partial charge in [0, 0.05) is 23.5 Å². The number of nitrogen functional groups attached to an aromatic ring is 1. The molecule has 6 nitrogen and oxygen atoms in total. The number of nitrogens with two attached hydrogens (primary N) is 1. The van der Waals surface area contributed by atoms with Crippen molar-refractivity contribution in [1.82, 2.24) is 4.98 Å². The van der Waals surface area contributed by atoms with Gasteiger partial charge in [0.1, 0.15) is 18.2 Å². The number of ether oxygens (including phenoxy) is 1. The molecule has 0 saturated carbocycles. The van der Waals surface area contributed by atoms with Crippen LogP contribution in [0.5, 0.6) is 5.75 Å². The highest BCUT2D eigenvalue weighted by molar-refractivity contribution is 5.93. The zero-order valence-electron chi connectivity index (χ0n) is 15.6. The molecule has 6 heteroatoms. The summed E-state index contributed by atoms with van der Waals surface area (Å²) in [6, 6.07) is 9.48. The van der Waals surface area contributed by atoms with Crippen molar-refractivity contribution in [3.05, 3.63) is 35.9 Å². The van der Waals surface area contributed by atoms with Crippen LogP contribution in [-0.2, 0) is 0 Å². The van der Waals surface area contributed by atoms with E-state index in [1.165, 1.54) is 6.21 Å². The molecular formula is C20H28N4O2. The summed E-state index contributed by atoms with van der Waals surface area (Å²) in [7, 11) is 0. The molecular weight excluding hydrogens is 328 g/mol. The van der Waals surface area contributed by atoms with Gasteiger partial charge in [-0.05, 0) is 38.5 Å². The van der Waals surface area contributed by atoms with E-state index < -0.39 is 6.10 Å². The van der Waals surface area contributed by atoms with E-state index >= 15 is 0 Å². The summed E-state index contributed by atoms with van der Waals surface area (Å²) < 4.78 is 5.69. The van der Waals surface area contributed by atoms with Gasteiger partial charge in [-0.1, -0.05) is 25.5 Å². The van der Waals surface area contributed by atoms with Gasteiger partial charge in [0.25, 0.3) is 0 Å². The second kappa shape index (κ2) is 9.20. The number of aliphatic hydroxyl groups is 1. The third-order valence-corrected chi connectivity index (χ3v) is 3.85. The lowest BCUT2D eigenvalue weighted by Crippen LogP contribution is -2.17. The number of nitrogens with zero attached hydrogens (tertiary/aromatic N) is 1. The highest BCUT2D eigenvalue weighted by atomic mass is 16.5. The molecule has 0 radical (unpaired) electrons. The van der Waals surface area contributed by atoms with Crippen LogP contribution in [-0.4, -0.2) is 35.1 Å². The van der Waals surface area contributed by atoms with Crippen molar-refractivity contribution in [2.45, 2.75) is 45.8 Å². The van der Waals surface area contributed by atoms with Crippen molar-refractivity contribution in [3.63, 3.8) is 0 Å². The van der Waals surface area contributed by atoms with Crippen molar-refractivity contribution in [3.8, 4) is 17.0 Å². The van der Waals surface area contributed by atoms with Crippen LogP contribution >= 0.6 is 0 Å². The molecule has 2 rings (SSSR count). The zero-order valence-corrected chi connectivity index (χ0v) is 15.6. The Bertz CT molecular complexity index is 747. The lowest BCUT2D eigenvalue weighted by atomic mass is 10.1. The molecule has 0 amide bonds. The minimum absolute atomic E-state index is 0.172. The number of rotatable bonds is 9. The van der Waals surface area contributed by atoms with Gasteiger partial charge in [-0.25, -0.2) is 4.98 Å². The number of nitrogens with one attached hydrogen (secondary N) is 2. The minimum atomic E-state index is -0.467. The van der Waals surface area contributed by atoms with Crippen LogP contribution < -0.4 is 15.8 Å². The van der Waals surface area contributed by atoms with Gasteiger partial charge < -0.3 is 26.3 Å². The molecule has 1 unspecified atom stereocenters. The van der Waals surface area contributed by atoms with Crippen LogP contribution in [0.1, 0.15) is 39.2 Å². The van der Waals surface area contributed by atoms with E-state index in [9.17, 15) is 5.11 Å². The predicted molar refractivity (Wildman–Crippen MR) is 107 cm³/mol. The number of benzene rings is 1. The average molecular weight is 356 g/mol. The molecule has 0 aliphatic rings. The molecule has 0 fully saturated rings. The van der Waals surface area contributed by atoms with Gasteiger partial charge in [0.2, 0.25) is 0 Å². The smallest absolute Gasteiger partial charge is 0.137 e. The Morgan fingerprint density at radius 3 is 2.77 bits per heavy atom. The summed E-state index contributed by atoms with van der Waals surface area (Å²) in [6.45, 7) is 6.31. The summed E-state index contributed by atoms with van der Waals surface area (Å²) >= 11 is 0. The van der Waals surface area contributed by atoms with Gasteiger partial charge >= 0.3 is 0 Å². The average Bonchev–Trinajstić information content (AvgIpc) is 2.60. The molecule has 1 atom stereocenters. The van der Waals surface area contributed by atoms with Crippen LogP contribution in [0.15, 0.2) is 30.3 Å². The maximum Gasteiger partial charge on any atom is 0.137 e. The summed E-state index contributed by atoms with van der Waals surface area (Å²) in [4.78, 5) is 4.63. The van der Waals surface area contributed by atoms with Crippen molar-refractivity contribution < 1.29 is 9.84 Å². The second-order valence-electron chi connectivity index (χ2n) is 6.58. The van der Waals surface area contributed by atoms with E-state index in [2.05, 4.69) is 10.3 Å². The fourth-order valence-electron chi connectivity index (χ4n) is 2.61. The molecule has 0 bridgehead atoms. The maximum absolute atomic E-state index is 9.83. The zero-order chi connectivity index (χ0) is 19.1. The molecule has 1 aromatic carbocycles. The molecule has 0 spiro atoms. The summed E-state index contributed by atoms with van der Waals surface area (Å²) in [6.07, 6.45) is 2.38. The normalized spacial score (nSPS) is 12.0. The maximum atomic E-state index is 9.83. The minimum Gasteiger partial charge on any atom is -0.491 e. The predicted octanol–water partition coefficient (Wildman–Crippen LogP) is 3.69. The number of hydrogen-bond donors (Lipinski definition) is 4. The molecule has 0 aliphatic heterocycles. The highest BCUT2D eigenvalue weighted by Crippen LogP contribution is 2.28. The van der Waals surface area contributed by atoms with Gasteiger partial charge in [-0.15, -0.1) is 0 Å². The first kappa shape index (κ1) is 19.7. The molecule has 140 valence electrons. The fraction of sp³-hybridized carbons (Fsp3) is 0.400. The van der Waals surface area contributed by atoms with Crippen molar-refractivity contribution >= 4 is 17.7 Å². The van der Waals surface area contributed by atoms with Crippen molar-refractivity contribution in [2.75, 3.05) is 17.7 Å². The van der Waals surface area contributed by atoms with Crippen LogP contribution in [0, 0.1) is 5.41 Å². The van der Waals surface area contributed by atoms with E-state index in [1.54, 1.807) is 6.07 Å². The third-order valence-electron chi connectivity index (χ3n) is 3.85. The number of aliphatic hydroxyl groups excluding tert-OH is 1. The van der Waals surface area contributed by atoms with E-state index in [4.69, 9.17) is 15.9 Å². The Kier molecular flexibility index (Phi) is 6.97. The lowest BCUT2D eigenvalue weighted by molar-refractivity contribution is 0.0994. The van der Waals surface area contributed by atoms with Crippen LogP contribution in [0.3, 0.4) is 0 Å². The molecule has 2 aromatic rings. The largest absolute Gasteiger partial charge is 0.491 e. The fourth-order valence-corrected chi connectivity index (χ4v) is 2.61. The number of aromatic nitrogens is 1. The Labute approximate surface area is 154 Å². The summed E-state index contributed by atoms with van der Waals surface area (Å²) in [5, 5.41) is 20.6. The van der Waals surface area contributed by atoms with E-state index in [0.717, 1.165) is 12.0 Å². The molecule has 5 N–H and O–H groups in total. The van der Waals surface area contributed by atoms with Crippen molar-refractivity contribution in [1.29, 1.82) is 5.41 Å². The summed E-state index contributed by atoms with van der Waals surface area (Å²) in [5.41, 5.74) is 8.77. The van der Waals surface area contributed by atoms with Crippen LogP contribution in [0.2, 0.25) is 0 Å². The Morgan fingerprint density at radius 1 is 1.35 bits per heavy atom. The molecule has 0 aliphatic carbocycles. The molecule has 1 heterocycles. The molecule has 1 aromatic heterocycles. The topological polar surface area (TPSA) is 104 Å². The Hall–Kier alpha value is -2.60. The first-order valence-corrected chi connectivity index (χ1v) is 8.93. The van der Waals surface area contributed by atoms with E-state index in [0.29, 0.717) is 34.9 Å². The monoisotopic (exact) mass is 356 g/mol. The summed E-state index contributed by atoms with van der Waals surface area (Å²) in [5.74, 6) is 1.27. The highest BCUT2D eigenvalue weighted by Gasteiger charge is 2.12. The molecule has 0 saturated heterocycles. The Morgan fingerprint density at radius 2 is 2.12 bits per heavy atom. The van der Waals surface area contributed by atoms with Gasteiger partial charge in [-0.3, -0.25) is 0 Å². The van der Waals surface area contributed by atoms with Crippen LogP contribution in [0.25, 0.3) is 11.3 Å². The first-order chi connectivity index (χ1) is 12.4. The van der Waals surface area contributed by atoms with Crippen LogP contribution in [0.4, 0.5) is 11.5 Å². The standard InChI is InChI=1S/C20H28N4O2/c1-4-6-15(25)12-26-16-8-5-7-14(9-16)19-10-18(22)17(11-21)20(24-19)23-13(2)3/h5,7-11,13,15,21,25H,4,6,12H2,1-3H3,(H3,22,23,24). The van der Waals surface area contributed by atoms with E-state index in [1.807, 2.05) is 45.0 Å². The van der Waals surface area contributed by atoms with E-state index in [-0.39, 0.29) is 12.6 Å². The number of pyridine rings is 1. The third kappa shape index (κ3) is 5.20. The van der Waals surface area contributed by atoms with Gasteiger partial charge in [0.15, 0.2) is 0 Å². The number of hydrogen-bond acceptors (Lipinski definition) is 6. The number of anilines is 2. The quantitative estimate of drug-likeness (QED) is 0.513. The van der Waals surface area contributed by atoms with Gasteiger partial charge in [-0.2, -0.15) is 0 Å². The van der Waals surface area contributed by atoms with Gasteiger partial charge in [0.05, 0.1) is 17.4 Å². The SMILES string of the molecule is CCCC(O)COc1cccc(-c2cc(N)c(C=N)c(NC(C)C)n2)c1. The van der Waals surface area contributed by atoms with Crippen molar-refractivity contribution in [2.24, 2.45) is 0 Å². The second-order valence-corrected chi connectivity index (χ2v) is 6.58.